The van der Waals surface area contributed by atoms with Crippen LogP contribution in [-0.2, 0) is 14.3 Å². The second kappa shape index (κ2) is 14.0. The minimum atomic E-state index is -0.374. The molecule has 1 aliphatic carbocycles. The standard InChI is InChI=1S/C22H38O4/c1-3-5-8-11-19(23)16-14-18-15-17-21(24)20(18)12-9-6-7-10-13-22(25)26-4-2/h14,16,18-20,23H,3-13,15,17H2,1-2H3. The van der Waals surface area contributed by atoms with E-state index in [1.54, 1.807) is 0 Å². The van der Waals surface area contributed by atoms with Gasteiger partial charge in [0.2, 0.25) is 0 Å². The number of aliphatic hydroxyl groups excluding tert-OH is 1. The van der Waals surface area contributed by atoms with E-state index in [0.29, 0.717) is 31.1 Å². The number of carbonyl (C=O) groups excluding carboxylic acids is 2. The van der Waals surface area contributed by atoms with E-state index in [-0.39, 0.29) is 18.0 Å². The van der Waals surface area contributed by atoms with Crippen LogP contribution < -0.4 is 0 Å². The van der Waals surface area contributed by atoms with Gasteiger partial charge in [-0.3, -0.25) is 9.59 Å². The smallest absolute Gasteiger partial charge is 0.305 e. The Kier molecular flexibility index (Phi) is 12.3. The molecule has 0 spiro atoms. The molecule has 1 rings (SSSR count). The Hall–Kier alpha value is -1.16. The lowest BCUT2D eigenvalue weighted by Gasteiger charge is -2.15. The molecule has 1 N–H and O–H groups in total. The molecule has 0 aromatic carbocycles. The number of allylic oxidation sites excluding steroid dienone is 1. The molecule has 150 valence electrons. The Morgan fingerprint density at radius 2 is 1.96 bits per heavy atom. The van der Waals surface area contributed by atoms with Crippen molar-refractivity contribution >= 4 is 11.8 Å². The Morgan fingerprint density at radius 3 is 2.69 bits per heavy atom. The lowest BCUT2D eigenvalue weighted by atomic mass is 9.89. The monoisotopic (exact) mass is 366 g/mol. The van der Waals surface area contributed by atoms with Gasteiger partial charge < -0.3 is 9.84 Å². The summed E-state index contributed by atoms with van der Waals surface area (Å²) in [6.45, 7) is 4.43. The Labute approximate surface area is 159 Å². The first-order valence-electron chi connectivity index (χ1n) is 10.6. The zero-order chi connectivity index (χ0) is 19.2. The minimum absolute atomic E-state index is 0.110. The van der Waals surface area contributed by atoms with Crippen LogP contribution in [0, 0.1) is 11.8 Å². The van der Waals surface area contributed by atoms with Crippen LogP contribution in [0.4, 0.5) is 0 Å². The fourth-order valence-corrected chi connectivity index (χ4v) is 3.73. The van der Waals surface area contributed by atoms with E-state index < -0.39 is 0 Å². The molecule has 0 radical (unpaired) electrons. The minimum Gasteiger partial charge on any atom is -0.466 e. The Bertz CT molecular complexity index is 430. The van der Waals surface area contributed by atoms with E-state index in [1.807, 2.05) is 13.0 Å². The van der Waals surface area contributed by atoms with Crippen molar-refractivity contribution in [3.63, 3.8) is 0 Å². The van der Waals surface area contributed by atoms with Gasteiger partial charge in [-0.1, -0.05) is 57.6 Å². The molecule has 1 fully saturated rings. The molecule has 0 bridgehead atoms. The number of Topliss-reactive ketones (excluding diaryl/α,β-unsaturated/α-hetero) is 1. The number of hydrogen-bond acceptors (Lipinski definition) is 4. The van der Waals surface area contributed by atoms with Crippen molar-refractivity contribution < 1.29 is 19.4 Å². The lowest BCUT2D eigenvalue weighted by molar-refractivity contribution is -0.143. The average Bonchev–Trinajstić information content (AvgIpc) is 2.96. The van der Waals surface area contributed by atoms with Crippen LogP contribution >= 0.6 is 0 Å². The van der Waals surface area contributed by atoms with Gasteiger partial charge in [-0.05, 0) is 38.5 Å². The molecule has 3 atom stereocenters. The molecule has 1 aliphatic rings. The molecule has 1 saturated carbocycles. The summed E-state index contributed by atoms with van der Waals surface area (Å²) < 4.78 is 4.92. The summed E-state index contributed by atoms with van der Waals surface area (Å²) in [5.41, 5.74) is 0. The summed E-state index contributed by atoms with van der Waals surface area (Å²) >= 11 is 0. The maximum atomic E-state index is 12.2. The molecule has 0 saturated heterocycles. The van der Waals surface area contributed by atoms with Crippen LogP contribution in [-0.4, -0.2) is 29.6 Å². The number of esters is 1. The third kappa shape index (κ3) is 9.51. The highest BCUT2D eigenvalue weighted by Crippen LogP contribution is 2.34. The highest BCUT2D eigenvalue weighted by Gasteiger charge is 2.32. The Morgan fingerprint density at radius 1 is 1.19 bits per heavy atom. The SMILES string of the molecule is CCCCCC(O)C=CC1CCC(=O)C1CCCCCCC(=O)OCC. The van der Waals surface area contributed by atoms with Gasteiger partial charge in [0.15, 0.2) is 0 Å². The van der Waals surface area contributed by atoms with E-state index in [4.69, 9.17) is 4.74 Å². The first kappa shape index (κ1) is 22.9. The van der Waals surface area contributed by atoms with E-state index >= 15 is 0 Å². The molecule has 0 amide bonds. The van der Waals surface area contributed by atoms with Crippen molar-refractivity contribution in [2.45, 2.75) is 97.0 Å². The van der Waals surface area contributed by atoms with Crippen molar-refractivity contribution in [2.24, 2.45) is 11.8 Å². The summed E-state index contributed by atoms with van der Waals surface area (Å²) in [4.78, 5) is 23.4. The fourth-order valence-electron chi connectivity index (χ4n) is 3.73. The van der Waals surface area contributed by atoms with Gasteiger partial charge >= 0.3 is 5.97 Å². The van der Waals surface area contributed by atoms with Gasteiger partial charge in [0, 0.05) is 18.8 Å². The van der Waals surface area contributed by atoms with Crippen LogP contribution in [0.1, 0.15) is 90.9 Å². The highest BCUT2D eigenvalue weighted by atomic mass is 16.5. The van der Waals surface area contributed by atoms with Crippen molar-refractivity contribution in [3.05, 3.63) is 12.2 Å². The van der Waals surface area contributed by atoms with Crippen LogP contribution in [0.5, 0.6) is 0 Å². The number of ketones is 1. The largest absolute Gasteiger partial charge is 0.466 e. The number of unbranched alkanes of at least 4 members (excludes halogenated alkanes) is 5. The molecule has 4 heteroatoms. The lowest BCUT2D eigenvalue weighted by Crippen LogP contribution is -2.14. The number of hydrogen-bond donors (Lipinski definition) is 1. The normalized spacial score (nSPS) is 21.4. The van der Waals surface area contributed by atoms with Crippen LogP contribution in [0.2, 0.25) is 0 Å². The number of rotatable bonds is 14. The molecule has 0 aromatic heterocycles. The zero-order valence-electron chi connectivity index (χ0n) is 16.8. The van der Waals surface area contributed by atoms with Gasteiger partial charge in [0.1, 0.15) is 5.78 Å². The fraction of sp³-hybridized carbons (Fsp3) is 0.818. The van der Waals surface area contributed by atoms with Crippen LogP contribution in [0.3, 0.4) is 0 Å². The summed E-state index contributed by atoms with van der Waals surface area (Å²) in [5, 5.41) is 10.0. The maximum Gasteiger partial charge on any atom is 0.305 e. The third-order valence-corrected chi connectivity index (χ3v) is 5.29. The summed E-state index contributed by atoms with van der Waals surface area (Å²) in [6.07, 6.45) is 14.8. The topological polar surface area (TPSA) is 63.6 Å². The van der Waals surface area contributed by atoms with Gasteiger partial charge in [0.25, 0.3) is 0 Å². The molecule has 0 aliphatic heterocycles. The molecule has 0 aromatic rings. The van der Waals surface area contributed by atoms with E-state index in [1.165, 1.54) is 0 Å². The van der Waals surface area contributed by atoms with Crippen LogP contribution in [0.15, 0.2) is 12.2 Å². The van der Waals surface area contributed by atoms with Gasteiger partial charge in [-0.15, -0.1) is 0 Å². The summed E-state index contributed by atoms with van der Waals surface area (Å²) in [5.74, 6) is 0.690. The number of ether oxygens (including phenoxy) is 1. The highest BCUT2D eigenvalue weighted by molar-refractivity contribution is 5.83. The zero-order valence-corrected chi connectivity index (χ0v) is 16.8. The molecule has 26 heavy (non-hydrogen) atoms. The van der Waals surface area contributed by atoms with E-state index in [2.05, 4.69) is 13.0 Å². The third-order valence-electron chi connectivity index (χ3n) is 5.29. The van der Waals surface area contributed by atoms with Gasteiger partial charge in [-0.25, -0.2) is 0 Å². The number of aliphatic hydroxyl groups is 1. The Balaban J connectivity index is 2.24. The second-order valence-electron chi connectivity index (χ2n) is 7.48. The van der Waals surface area contributed by atoms with Crippen molar-refractivity contribution in [1.29, 1.82) is 0 Å². The summed E-state index contributed by atoms with van der Waals surface area (Å²) in [7, 11) is 0. The van der Waals surface area contributed by atoms with E-state index in [9.17, 15) is 14.7 Å². The molecular weight excluding hydrogens is 328 g/mol. The predicted molar refractivity (Wildman–Crippen MR) is 105 cm³/mol. The first-order valence-corrected chi connectivity index (χ1v) is 10.6. The maximum absolute atomic E-state index is 12.2. The average molecular weight is 367 g/mol. The second-order valence-corrected chi connectivity index (χ2v) is 7.48. The first-order chi connectivity index (χ1) is 12.6. The molecule has 0 heterocycles. The van der Waals surface area contributed by atoms with Gasteiger partial charge in [0.05, 0.1) is 12.7 Å². The van der Waals surface area contributed by atoms with Crippen molar-refractivity contribution in [1.82, 2.24) is 0 Å². The number of carbonyl (C=O) groups is 2. The molecule has 3 unspecified atom stereocenters. The van der Waals surface area contributed by atoms with E-state index in [0.717, 1.165) is 64.2 Å². The van der Waals surface area contributed by atoms with Crippen molar-refractivity contribution in [3.8, 4) is 0 Å². The molecular formula is C22H38O4. The molecule has 4 nitrogen and oxygen atoms in total. The quantitative estimate of drug-likeness (QED) is 0.267. The van der Waals surface area contributed by atoms with Gasteiger partial charge in [-0.2, -0.15) is 0 Å². The predicted octanol–water partition coefficient (Wildman–Crippen LogP) is 4.98. The van der Waals surface area contributed by atoms with Crippen molar-refractivity contribution in [2.75, 3.05) is 6.61 Å². The van der Waals surface area contributed by atoms with Crippen LogP contribution in [0.25, 0.3) is 0 Å². The summed E-state index contributed by atoms with van der Waals surface area (Å²) in [6, 6.07) is 0.